The first kappa shape index (κ1) is 12.2. The fourth-order valence-electron chi connectivity index (χ4n) is 0.839. The molecule has 0 atom stereocenters. The Kier molecular flexibility index (Phi) is 3.48. The van der Waals surface area contributed by atoms with Crippen LogP contribution in [0.2, 0.25) is 0 Å². The first-order valence-corrected chi connectivity index (χ1v) is 4.99. The van der Waals surface area contributed by atoms with E-state index in [9.17, 15) is 13.9 Å². The molecular formula is C11H9BrF2O. The Bertz CT molecular complexity index is 438. The van der Waals surface area contributed by atoms with Gasteiger partial charge in [0, 0.05) is 0 Å². The molecule has 1 nitrogen and oxygen atoms in total. The van der Waals surface area contributed by atoms with Gasteiger partial charge in [0.05, 0.1) is 10.0 Å². The summed E-state index contributed by atoms with van der Waals surface area (Å²) in [6.45, 7) is 2.93. The Balaban J connectivity index is 3.15. The van der Waals surface area contributed by atoms with Crippen molar-refractivity contribution in [1.29, 1.82) is 0 Å². The fraction of sp³-hybridized carbons (Fsp3) is 0.273. The van der Waals surface area contributed by atoms with Crippen molar-refractivity contribution >= 4 is 15.9 Å². The van der Waals surface area contributed by atoms with Crippen molar-refractivity contribution in [1.82, 2.24) is 0 Å². The Hall–Kier alpha value is -0.920. The maximum absolute atomic E-state index is 13.2. The molecule has 0 aliphatic heterocycles. The van der Waals surface area contributed by atoms with Crippen LogP contribution < -0.4 is 0 Å². The molecule has 1 aromatic carbocycles. The molecule has 0 heterocycles. The lowest BCUT2D eigenvalue weighted by atomic mass is 10.1. The topological polar surface area (TPSA) is 20.2 Å². The molecule has 0 amide bonds. The van der Waals surface area contributed by atoms with Crippen molar-refractivity contribution in [3.05, 3.63) is 33.8 Å². The monoisotopic (exact) mass is 274 g/mol. The first-order chi connectivity index (χ1) is 6.79. The molecule has 0 unspecified atom stereocenters. The summed E-state index contributed by atoms with van der Waals surface area (Å²) >= 11 is 2.86. The minimum Gasteiger partial charge on any atom is -0.378 e. The van der Waals surface area contributed by atoms with Crippen LogP contribution in [0.3, 0.4) is 0 Å². The minimum atomic E-state index is -1.23. The van der Waals surface area contributed by atoms with Crippen LogP contribution in [0.15, 0.2) is 16.6 Å². The highest BCUT2D eigenvalue weighted by molar-refractivity contribution is 9.10. The van der Waals surface area contributed by atoms with E-state index in [-0.39, 0.29) is 10.0 Å². The predicted molar refractivity (Wildman–Crippen MR) is 57.2 cm³/mol. The third kappa shape index (κ3) is 3.61. The Morgan fingerprint density at radius 3 is 2.40 bits per heavy atom. The van der Waals surface area contributed by atoms with Crippen LogP contribution in [-0.4, -0.2) is 10.7 Å². The van der Waals surface area contributed by atoms with Crippen molar-refractivity contribution < 1.29 is 13.9 Å². The van der Waals surface area contributed by atoms with E-state index in [0.717, 1.165) is 12.1 Å². The summed E-state index contributed by atoms with van der Waals surface area (Å²) in [5.74, 6) is 3.58. The number of halogens is 3. The molecule has 0 aromatic heterocycles. The molecule has 0 radical (unpaired) electrons. The van der Waals surface area contributed by atoms with Gasteiger partial charge in [-0.25, -0.2) is 8.78 Å². The number of aliphatic hydroxyl groups is 1. The molecule has 0 aliphatic carbocycles. The van der Waals surface area contributed by atoms with Crippen LogP contribution in [0, 0.1) is 23.5 Å². The molecule has 0 bridgehead atoms. The lowest BCUT2D eigenvalue weighted by molar-refractivity contribution is 0.143. The summed E-state index contributed by atoms with van der Waals surface area (Å²) in [6, 6.07) is 1.99. The van der Waals surface area contributed by atoms with Gasteiger partial charge < -0.3 is 5.11 Å². The lowest BCUT2D eigenvalue weighted by Crippen LogP contribution is -2.14. The summed E-state index contributed by atoms with van der Waals surface area (Å²) in [6.07, 6.45) is 0. The largest absolute Gasteiger partial charge is 0.378 e. The van der Waals surface area contributed by atoms with Gasteiger partial charge in [0.2, 0.25) is 0 Å². The zero-order valence-electron chi connectivity index (χ0n) is 8.24. The summed E-state index contributed by atoms with van der Waals surface area (Å²) in [5, 5.41) is 9.29. The molecule has 1 N–H and O–H groups in total. The van der Waals surface area contributed by atoms with Gasteiger partial charge >= 0.3 is 0 Å². The summed E-state index contributed by atoms with van der Waals surface area (Å²) in [7, 11) is 0. The van der Waals surface area contributed by atoms with Gasteiger partial charge in [0.25, 0.3) is 0 Å². The Morgan fingerprint density at radius 1 is 1.27 bits per heavy atom. The summed E-state index contributed by atoms with van der Waals surface area (Å²) in [5.41, 5.74) is -1.30. The van der Waals surface area contributed by atoms with Crippen LogP contribution >= 0.6 is 15.9 Å². The van der Waals surface area contributed by atoms with E-state index in [1.807, 2.05) is 0 Å². The van der Waals surface area contributed by atoms with Crippen molar-refractivity contribution in [3.63, 3.8) is 0 Å². The lowest BCUT2D eigenvalue weighted by Gasteiger charge is -2.06. The van der Waals surface area contributed by atoms with Crippen molar-refractivity contribution in [3.8, 4) is 11.8 Å². The second-order valence-electron chi connectivity index (χ2n) is 3.56. The van der Waals surface area contributed by atoms with E-state index in [1.165, 1.54) is 13.8 Å². The SMILES string of the molecule is CC(C)(O)C#Cc1cc(F)c(Br)cc1F. The summed E-state index contributed by atoms with van der Waals surface area (Å²) < 4.78 is 26.3. The van der Waals surface area contributed by atoms with Gasteiger partial charge in [-0.15, -0.1) is 0 Å². The second kappa shape index (κ2) is 4.30. The average Bonchev–Trinajstić information content (AvgIpc) is 2.07. The van der Waals surface area contributed by atoms with Crippen LogP contribution in [0.5, 0.6) is 0 Å². The van der Waals surface area contributed by atoms with Gasteiger partial charge in [-0.05, 0) is 41.9 Å². The van der Waals surface area contributed by atoms with E-state index in [4.69, 9.17) is 0 Å². The highest BCUT2D eigenvalue weighted by Crippen LogP contribution is 2.19. The molecule has 0 fully saturated rings. The molecule has 15 heavy (non-hydrogen) atoms. The number of hydrogen-bond acceptors (Lipinski definition) is 1. The maximum atomic E-state index is 13.2. The second-order valence-corrected chi connectivity index (χ2v) is 4.41. The molecular weight excluding hydrogens is 266 g/mol. The highest BCUT2D eigenvalue weighted by atomic mass is 79.9. The number of benzene rings is 1. The van der Waals surface area contributed by atoms with Crippen LogP contribution in [0.4, 0.5) is 8.78 Å². The third-order valence-corrected chi connectivity index (χ3v) is 2.12. The zero-order valence-corrected chi connectivity index (χ0v) is 9.82. The summed E-state index contributed by atoms with van der Waals surface area (Å²) in [4.78, 5) is 0. The van der Waals surface area contributed by atoms with Crippen molar-refractivity contribution in [2.24, 2.45) is 0 Å². The van der Waals surface area contributed by atoms with Gasteiger partial charge in [0.1, 0.15) is 17.2 Å². The highest BCUT2D eigenvalue weighted by Gasteiger charge is 2.09. The molecule has 0 spiro atoms. The molecule has 1 aromatic rings. The molecule has 0 saturated heterocycles. The van der Waals surface area contributed by atoms with Crippen LogP contribution in [-0.2, 0) is 0 Å². The maximum Gasteiger partial charge on any atom is 0.140 e. The smallest absolute Gasteiger partial charge is 0.140 e. The van der Waals surface area contributed by atoms with Crippen LogP contribution in [0.1, 0.15) is 19.4 Å². The van der Waals surface area contributed by atoms with Gasteiger partial charge in [0.15, 0.2) is 0 Å². The predicted octanol–water partition coefficient (Wildman–Crippen LogP) is 2.85. The van der Waals surface area contributed by atoms with E-state index in [1.54, 1.807) is 0 Å². The molecule has 1 rings (SSSR count). The third-order valence-electron chi connectivity index (χ3n) is 1.51. The standard InChI is InChI=1S/C11H9BrF2O/c1-11(2,15)4-3-7-5-10(14)8(12)6-9(7)13/h5-6,15H,1-2H3. The molecule has 80 valence electrons. The minimum absolute atomic E-state index is 0.0498. The van der Waals surface area contributed by atoms with Crippen LogP contribution in [0.25, 0.3) is 0 Å². The van der Waals surface area contributed by atoms with E-state index >= 15 is 0 Å². The van der Waals surface area contributed by atoms with Gasteiger partial charge in [-0.3, -0.25) is 0 Å². The zero-order chi connectivity index (χ0) is 11.6. The molecule has 0 aliphatic rings. The van der Waals surface area contributed by atoms with Crippen molar-refractivity contribution in [2.45, 2.75) is 19.4 Å². The molecule has 4 heteroatoms. The fourth-order valence-corrected chi connectivity index (χ4v) is 1.15. The first-order valence-electron chi connectivity index (χ1n) is 4.20. The number of rotatable bonds is 0. The average molecular weight is 275 g/mol. The Morgan fingerprint density at radius 2 is 1.87 bits per heavy atom. The van der Waals surface area contributed by atoms with E-state index in [2.05, 4.69) is 27.8 Å². The van der Waals surface area contributed by atoms with Gasteiger partial charge in [-0.2, -0.15) is 0 Å². The van der Waals surface area contributed by atoms with Gasteiger partial charge in [-0.1, -0.05) is 11.8 Å². The Labute approximate surface area is 95.2 Å². The number of hydrogen-bond donors (Lipinski definition) is 1. The molecule has 0 saturated carbocycles. The van der Waals surface area contributed by atoms with E-state index < -0.39 is 17.2 Å². The quantitative estimate of drug-likeness (QED) is 0.570. The van der Waals surface area contributed by atoms with Crippen molar-refractivity contribution in [2.75, 3.05) is 0 Å². The normalized spacial score (nSPS) is 10.8. The van der Waals surface area contributed by atoms with E-state index in [0.29, 0.717) is 0 Å².